The van der Waals surface area contributed by atoms with Crippen LogP contribution in [0.1, 0.15) is 37.7 Å². The summed E-state index contributed by atoms with van der Waals surface area (Å²) in [5.41, 5.74) is 2.82. The highest BCUT2D eigenvalue weighted by atomic mass is 35.5. The summed E-state index contributed by atoms with van der Waals surface area (Å²) < 4.78 is 4.73. The van der Waals surface area contributed by atoms with E-state index in [9.17, 15) is 9.59 Å². The number of H-pyrrole nitrogens is 1. The lowest BCUT2D eigenvalue weighted by atomic mass is 10.1. The zero-order valence-electron chi connectivity index (χ0n) is 12.6. The molecule has 0 bridgehead atoms. The van der Waals surface area contributed by atoms with E-state index in [-0.39, 0.29) is 5.78 Å². The summed E-state index contributed by atoms with van der Waals surface area (Å²) in [5.74, 6) is -0.667. The van der Waals surface area contributed by atoms with Crippen molar-refractivity contribution in [3.8, 4) is 0 Å². The second-order valence-corrected chi connectivity index (χ2v) is 5.31. The van der Waals surface area contributed by atoms with E-state index in [1.807, 2.05) is 12.1 Å². The minimum atomic E-state index is -0.455. The molecule has 1 aromatic carbocycles. The zero-order chi connectivity index (χ0) is 16.3. The van der Waals surface area contributed by atoms with Crippen molar-refractivity contribution in [1.82, 2.24) is 4.98 Å². The molecule has 1 heterocycles. The summed E-state index contributed by atoms with van der Waals surface area (Å²) in [7, 11) is 1.31. The molecule has 0 atom stereocenters. The number of nitrogens with one attached hydrogen (secondary N) is 1. The van der Waals surface area contributed by atoms with Gasteiger partial charge in [0, 0.05) is 10.7 Å². The lowest BCUT2D eigenvalue weighted by Crippen LogP contribution is -2.04. The van der Waals surface area contributed by atoms with Gasteiger partial charge in [0.2, 0.25) is 5.78 Å². The first-order chi connectivity index (χ1) is 10.4. The van der Waals surface area contributed by atoms with Gasteiger partial charge in [-0.3, -0.25) is 4.79 Å². The number of halogens is 1. The van der Waals surface area contributed by atoms with Gasteiger partial charge in [-0.05, 0) is 43.2 Å². The average Bonchev–Trinajstić information content (AvgIpc) is 2.79. The van der Waals surface area contributed by atoms with Gasteiger partial charge in [-0.1, -0.05) is 29.8 Å². The van der Waals surface area contributed by atoms with E-state index in [4.69, 9.17) is 16.3 Å². The summed E-state index contributed by atoms with van der Waals surface area (Å²) in [6, 6.07) is 7.19. The van der Waals surface area contributed by atoms with E-state index < -0.39 is 5.97 Å². The van der Waals surface area contributed by atoms with Crippen molar-refractivity contribution in [2.45, 2.75) is 13.8 Å². The Labute approximate surface area is 133 Å². The lowest BCUT2D eigenvalue weighted by molar-refractivity contribution is 0.0599. The molecule has 4 nitrogen and oxygen atoms in total. The molecule has 114 valence electrons. The molecule has 2 rings (SSSR count). The molecular weight excluding hydrogens is 302 g/mol. The average molecular weight is 318 g/mol. The highest BCUT2D eigenvalue weighted by molar-refractivity contribution is 6.30. The Kier molecular flexibility index (Phi) is 4.83. The molecule has 0 unspecified atom stereocenters. The van der Waals surface area contributed by atoms with Gasteiger partial charge in [-0.2, -0.15) is 0 Å². The van der Waals surface area contributed by atoms with Crippen molar-refractivity contribution in [3.63, 3.8) is 0 Å². The van der Waals surface area contributed by atoms with Crippen molar-refractivity contribution in [2.75, 3.05) is 7.11 Å². The van der Waals surface area contributed by atoms with Crippen molar-refractivity contribution in [1.29, 1.82) is 0 Å². The molecule has 0 saturated heterocycles. The van der Waals surface area contributed by atoms with Crippen molar-refractivity contribution in [3.05, 3.63) is 63.4 Å². The Balaban J connectivity index is 2.29. The summed E-state index contributed by atoms with van der Waals surface area (Å²) in [4.78, 5) is 27.0. The second-order valence-electron chi connectivity index (χ2n) is 4.87. The first-order valence-corrected chi connectivity index (χ1v) is 7.07. The largest absolute Gasteiger partial charge is 0.465 e. The number of carbonyl (C=O) groups is 2. The number of methoxy groups -OCH3 is 1. The minimum Gasteiger partial charge on any atom is -0.465 e. The fraction of sp³-hybridized carbons (Fsp3) is 0.176. The number of esters is 1. The van der Waals surface area contributed by atoms with Crippen LogP contribution in [0, 0.1) is 13.8 Å². The number of aromatic amines is 1. The van der Waals surface area contributed by atoms with Crippen molar-refractivity contribution in [2.24, 2.45) is 0 Å². The second kappa shape index (κ2) is 6.62. The molecule has 2 aromatic rings. The van der Waals surface area contributed by atoms with Gasteiger partial charge in [0.15, 0.2) is 0 Å². The maximum Gasteiger partial charge on any atom is 0.339 e. The molecule has 1 aromatic heterocycles. The van der Waals surface area contributed by atoms with E-state index in [2.05, 4.69) is 4.98 Å². The summed E-state index contributed by atoms with van der Waals surface area (Å²) in [6.45, 7) is 3.45. The van der Waals surface area contributed by atoms with E-state index in [0.29, 0.717) is 27.5 Å². The third-order valence-electron chi connectivity index (χ3n) is 3.35. The minimum absolute atomic E-state index is 0.212. The van der Waals surface area contributed by atoms with Gasteiger partial charge in [-0.25, -0.2) is 4.79 Å². The third kappa shape index (κ3) is 3.28. The molecule has 0 radical (unpaired) electrons. The monoisotopic (exact) mass is 317 g/mol. The molecule has 0 spiro atoms. The fourth-order valence-corrected chi connectivity index (χ4v) is 2.47. The smallest absolute Gasteiger partial charge is 0.339 e. The summed E-state index contributed by atoms with van der Waals surface area (Å²) in [6.07, 6.45) is 3.13. The van der Waals surface area contributed by atoms with Crippen LogP contribution in [0.15, 0.2) is 30.3 Å². The van der Waals surface area contributed by atoms with E-state index in [0.717, 1.165) is 5.56 Å². The van der Waals surface area contributed by atoms with Gasteiger partial charge < -0.3 is 9.72 Å². The normalized spacial score (nSPS) is 10.9. The maximum atomic E-state index is 12.3. The molecule has 0 saturated carbocycles. The molecule has 1 N–H and O–H groups in total. The Morgan fingerprint density at radius 3 is 2.64 bits per heavy atom. The molecule has 0 aliphatic rings. The van der Waals surface area contributed by atoms with Crippen LogP contribution in [-0.4, -0.2) is 23.8 Å². The number of aryl methyl sites for hydroxylation is 1. The molecular formula is C17H16ClNO3. The van der Waals surface area contributed by atoms with Crippen molar-refractivity contribution < 1.29 is 14.3 Å². The van der Waals surface area contributed by atoms with Crippen LogP contribution in [0.25, 0.3) is 6.08 Å². The number of ether oxygens (including phenoxy) is 1. The highest BCUT2D eigenvalue weighted by Crippen LogP contribution is 2.20. The van der Waals surface area contributed by atoms with Gasteiger partial charge >= 0.3 is 5.97 Å². The Morgan fingerprint density at radius 1 is 1.27 bits per heavy atom. The molecule has 0 aliphatic carbocycles. The van der Waals surface area contributed by atoms with E-state index in [1.165, 1.54) is 13.2 Å². The first-order valence-electron chi connectivity index (χ1n) is 6.69. The van der Waals surface area contributed by atoms with Crippen LogP contribution in [-0.2, 0) is 4.74 Å². The predicted octanol–water partition coefficient (Wildman–Crippen LogP) is 3.97. The van der Waals surface area contributed by atoms with Gasteiger partial charge in [0.25, 0.3) is 0 Å². The van der Waals surface area contributed by atoms with Gasteiger partial charge in [0.05, 0.1) is 18.4 Å². The maximum absolute atomic E-state index is 12.3. The number of hydrogen-bond donors (Lipinski definition) is 1. The first kappa shape index (κ1) is 16.0. The standard InChI is InChI=1S/C17H16ClNO3/c1-10-15(17(21)22-3)11(2)19-16(10)14(20)8-7-12-5-4-6-13(18)9-12/h4-9,19H,1-3H3/b8-7+. The van der Waals surface area contributed by atoms with Crippen molar-refractivity contribution >= 4 is 29.4 Å². The Bertz CT molecular complexity index is 759. The third-order valence-corrected chi connectivity index (χ3v) is 3.58. The zero-order valence-corrected chi connectivity index (χ0v) is 13.3. The SMILES string of the molecule is COC(=O)c1c(C)[nH]c(C(=O)/C=C/c2cccc(Cl)c2)c1C. The number of allylic oxidation sites excluding steroid dienone is 1. The lowest BCUT2D eigenvalue weighted by Gasteiger charge is -1.99. The topological polar surface area (TPSA) is 59.2 Å². The highest BCUT2D eigenvalue weighted by Gasteiger charge is 2.21. The van der Waals surface area contributed by atoms with Crippen LogP contribution < -0.4 is 0 Å². The summed E-state index contributed by atoms with van der Waals surface area (Å²) >= 11 is 5.90. The van der Waals surface area contributed by atoms with Gasteiger partial charge in [0.1, 0.15) is 0 Å². The fourth-order valence-electron chi connectivity index (χ4n) is 2.27. The molecule has 0 fully saturated rings. The predicted molar refractivity (Wildman–Crippen MR) is 86.4 cm³/mol. The number of benzene rings is 1. The number of hydrogen-bond acceptors (Lipinski definition) is 3. The Morgan fingerprint density at radius 2 is 2.00 bits per heavy atom. The number of aromatic nitrogens is 1. The number of rotatable bonds is 4. The van der Waals surface area contributed by atoms with Crippen LogP contribution >= 0.6 is 11.6 Å². The van der Waals surface area contributed by atoms with Crippen LogP contribution in [0.4, 0.5) is 0 Å². The molecule has 5 heteroatoms. The quantitative estimate of drug-likeness (QED) is 0.527. The molecule has 0 aliphatic heterocycles. The summed E-state index contributed by atoms with van der Waals surface area (Å²) in [5, 5.41) is 0.606. The van der Waals surface area contributed by atoms with Crippen LogP contribution in [0.5, 0.6) is 0 Å². The van der Waals surface area contributed by atoms with E-state index in [1.54, 1.807) is 32.1 Å². The number of ketones is 1. The Hall–Kier alpha value is -2.33. The van der Waals surface area contributed by atoms with E-state index >= 15 is 0 Å². The van der Waals surface area contributed by atoms with Gasteiger partial charge in [-0.15, -0.1) is 0 Å². The number of carbonyl (C=O) groups excluding carboxylic acids is 2. The van der Waals surface area contributed by atoms with Crippen LogP contribution in [0.3, 0.4) is 0 Å². The van der Waals surface area contributed by atoms with Crippen LogP contribution in [0.2, 0.25) is 5.02 Å². The molecule has 22 heavy (non-hydrogen) atoms. The molecule has 0 amide bonds.